The van der Waals surface area contributed by atoms with Gasteiger partial charge in [-0.15, -0.1) is 0 Å². The van der Waals surface area contributed by atoms with Crippen LogP contribution in [0.15, 0.2) is 60.7 Å². The zero-order valence-corrected chi connectivity index (χ0v) is 25.8. The van der Waals surface area contributed by atoms with Crippen molar-refractivity contribution in [2.75, 3.05) is 37.4 Å². The number of anilines is 2. The monoisotopic (exact) mass is 652 g/mol. The van der Waals surface area contributed by atoms with Crippen LogP contribution in [0, 0.1) is 5.92 Å². The van der Waals surface area contributed by atoms with Crippen LogP contribution in [-0.4, -0.2) is 65.7 Å². The first kappa shape index (κ1) is 33.4. The van der Waals surface area contributed by atoms with Crippen molar-refractivity contribution in [2.24, 2.45) is 5.92 Å². The molecule has 1 aliphatic heterocycles. The Labute approximate surface area is 263 Å². The molecular weight excluding hydrogens is 620 g/mol. The van der Waals surface area contributed by atoms with Crippen molar-refractivity contribution in [2.45, 2.75) is 38.7 Å². The quantitative estimate of drug-likeness (QED) is 0.243. The predicted octanol–water partition coefficient (Wildman–Crippen LogP) is 7.01. The lowest BCUT2D eigenvalue weighted by Crippen LogP contribution is -2.49. The average Bonchev–Trinajstić information content (AvgIpc) is 2.96. The maximum absolute atomic E-state index is 13.7. The zero-order valence-electron chi connectivity index (χ0n) is 24.3. The Balaban J connectivity index is 1.53. The molecule has 0 spiro atoms. The van der Waals surface area contributed by atoms with Crippen LogP contribution >= 0.6 is 23.2 Å². The molecule has 0 aliphatic carbocycles. The van der Waals surface area contributed by atoms with E-state index < -0.39 is 23.8 Å². The topological polar surface area (TPSA) is 94.1 Å². The summed E-state index contributed by atoms with van der Waals surface area (Å²) in [6, 6.07) is 12.9. The fraction of sp³-hybridized carbons (Fsp3) is 0.355. The number of carbonyl (C=O) groups is 2. The van der Waals surface area contributed by atoms with E-state index >= 15 is 0 Å². The molecule has 1 heterocycles. The molecule has 1 aliphatic rings. The molecule has 8 nitrogen and oxygen atoms in total. The van der Waals surface area contributed by atoms with Gasteiger partial charge >= 0.3 is 12.2 Å². The van der Waals surface area contributed by atoms with Crippen LogP contribution in [0.25, 0.3) is 0 Å². The van der Waals surface area contributed by atoms with Gasteiger partial charge in [-0.2, -0.15) is 13.2 Å². The van der Waals surface area contributed by atoms with E-state index in [1.807, 2.05) is 26.1 Å². The minimum absolute atomic E-state index is 0.107. The highest BCUT2D eigenvalue weighted by molar-refractivity contribution is 6.42. The standard InChI is InChI=1S/C31H33Cl2F3N4O4/c1-18-14-40(19(2)17-41)29(42)24-13-23(38-30(43)37-22-7-5-21(6-8-22)31(34,35)36)9-11-27(24)44-28(18)16-39(3)15-20-4-10-25(32)26(33)12-20/h4-13,18-19,28,41H,14-17H2,1-3H3,(H2,37,38,43)/t18-,19+,28-/m0/s1. The maximum Gasteiger partial charge on any atom is 0.416 e. The number of halogens is 5. The van der Waals surface area contributed by atoms with Crippen molar-refractivity contribution < 1.29 is 32.6 Å². The lowest BCUT2D eigenvalue weighted by Gasteiger charge is -2.38. The van der Waals surface area contributed by atoms with Crippen molar-refractivity contribution in [1.82, 2.24) is 9.80 Å². The molecule has 0 unspecified atom stereocenters. The number of hydrogen-bond donors (Lipinski definition) is 3. The highest BCUT2D eigenvalue weighted by Gasteiger charge is 2.34. The van der Waals surface area contributed by atoms with Crippen molar-refractivity contribution in [3.05, 3.63) is 87.4 Å². The molecule has 44 heavy (non-hydrogen) atoms. The molecule has 3 aromatic carbocycles. The molecule has 0 saturated carbocycles. The van der Waals surface area contributed by atoms with Crippen LogP contribution in [0.4, 0.5) is 29.3 Å². The molecule has 236 valence electrons. The number of benzene rings is 3. The van der Waals surface area contributed by atoms with Crippen molar-refractivity contribution >= 4 is 46.5 Å². The van der Waals surface area contributed by atoms with Gasteiger partial charge in [-0.1, -0.05) is 36.2 Å². The van der Waals surface area contributed by atoms with Crippen LogP contribution in [0.3, 0.4) is 0 Å². The Morgan fingerprint density at radius 1 is 1.07 bits per heavy atom. The lowest BCUT2D eigenvalue weighted by atomic mass is 9.99. The number of nitrogens with zero attached hydrogens (tertiary/aromatic N) is 2. The molecule has 13 heteroatoms. The molecular formula is C31H33Cl2F3N4O4. The fourth-order valence-corrected chi connectivity index (χ4v) is 5.20. The van der Waals surface area contributed by atoms with E-state index in [-0.39, 0.29) is 41.5 Å². The van der Waals surface area contributed by atoms with E-state index in [4.69, 9.17) is 27.9 Å². The van der Waals surface area contributed by atoms with Gasteiger partial charge in [0, 0.05) is 36.9 Å². The summed E-state index contributed by atoms with van der Waals surface area (Å²) in [4.78, 5) is 30.0. The number of hydrogen-bond acceptors (Lipinski definition) is 5. The normalized spacial score (nSPS) is 17.8. The van der Waals surface area contributed by atoms with Gasteiger partial charge in [-0.3, -0.25) is 9.69 Å². The second-order valence-corrected chi connectivity index (χ2v) is 11.7. The van der Waals surface area contributed by atoms with Gasteiger partial charge in [-0.25, -0.2) is 4.79 Å². The van der Waals surface area contributed by atoms with Crippen molar-refractivity contribution in [3.8, 4) is 5.75 Å². The minimum atomic E-state index is -4.49. The van der Waals surface area contributed by atoms with Gasteiger partial charge < -0.3 is 25.4 Å². The summed E-state index contributed by atoms with van der Waals surface area (Å²) >= 11 is 12.2. The van der Waals surface area contributed by atoms with Crippen LogP contribution in [-0.2, 0) is 12.7 Å². The molecule has 0 radical (unpaired) electrons. The Morgan fingerprint density at radius 2 is 1.73 bits per heavy atom. The third-order valence-corrected chi connectivity index (χ3v) is 8.06. The number of aliphatic hydroxyl groups is 1. The van der Waals surface area contributed by atoms with E-state index in [0.29, 0.717) is 35.4 Å². The molecule has 0 bridgehead atoms. The molecule has 4 rings (SSSR count). The maximum atomic E-state index is 13.7. The Hall–Kier alpha value is -3.51. The minimum Gasteiger partial charge on any atom is -0.488 e. The highest BCUT2D eigenvalue weighted by Crippen LogP contribution is 2.32. The largest absolute Gasteiger partial charge is 0.488 e. The summed E-state index contributed by atoms with van der Waals surface area (Å²) in [6.45, 7) is 4.88. The van der Waals surface area contributed by atoms with Gasteiger partial charge in [0.05, 0.1) is 33.8 Å². The number of rotatable bonds is 8. The Bertz CT molecular complexity index is 1490. The fourth-order valence-electron chi connectivity index (χ4n) is 4.88. The number of alkyl halides is 3. The van der Waals surface area contributed by atoms with Gasteiger partial charge in [0.15, 0.2) is 0 Å². The summed E-state index contributed by atoms with van der Waals surface area (Å²) in [6.07, 6.45) is -4.83. The third kappa shape index (κ3) is 8.35. The average molecular weight is 654 g/mol. The summed E-state index contributed by atoms with van der Waals surface area (Å²) in [5.74, 6) is -0.161. The zero-order chi connectivity index (χ0) is 32.2. The van der Waals surface area contributed by atoms with E-state index in [9.17, 15) is 27.9 Å². The van der Waals surface area contributed by atoms with Gasteiger partial charge in [0.1, 0.15) is 11.9 Å². The van der Waals surface area contributed by atoms with E-state index in [0.717, 1.165) is 29.8 Å². The summed E-state index contributed by atoms with van der Waals surface area (Å²) in [5, 5.41) is 15.9. The summed E-state index contributed by atoms with van der Waals surface area (Å²) in [7, 11) is 1.94. The van der Waals surface area contributed by atoms with Gasteiger partial charge in [0.2, 0.25) is 0 Å². The Kier molecular flexibility index (Phi) is 10.7. The van der Waals surface area contributed by atoms with E-state index in [1.165, 1.54) is 6.07 Å². The molecule has 0 aromatic heterocycles. The smallest absolute Gasteiger partial charge is 0.416 e. The number of amides is 3. The van der Waals surface area contributed by atoms with Crippen molar-refractivity contribution in [1.29, 1.82) is 0 Å². The predicted molar refractivity (Wildman–Crippen MR) is 164 cm³/mol. The molecule has 0 fully saturated rings. The number of ether oxygens (including phenoxy) is 1. The van der Waals surface area contributed by atoms with Crippen molar-refractivity contribution in [3.63, 3.8) is 0 Å². The summed E-state index contributed by atoms with van der Waals surface area (Å²) in [5.41, 5.74) is 0.756. The van der Waals surface area contributed by atoms with Crippen LogP contribution in [0.2, 0.25) is 10.0 Å². The molecule has 3 amide bonds. The number of nitrogens with one attached hydrogen (secondary N) is 2. The highest BCUT2D eigenvalue weighted by atomic mass is 35.5. The number of carbonyl (C=O) groups excluding carboxylic acids is 2. The van der Waals surface area contributed by atoms with Gasteiger partial charge in [0.25, 0.3) is 5.91 Å². The first-order valence-corrected chi connectivity index (χ1v) is 14.6. The second kappa shape index (κ2) is 14.1. The molecule has 0 saturated heterocycles. The number of urea groups is 1. The second-order valence-electron chi connectivity index (χ2n) is 10.9. The lowest BCUT2D eigenvalue weighted by molar-refractivity contribution is -0.137. The number of aliphatic hydroxyl groups excluding tert-OH is 1. The summed E-state index contributed by atoms with van der Waals surface area (Å²) < 4.78 is 45.0. The Morgan fingerprint density at radius 3 is 2.36 bits per heavy atom. The first-order chi connectivity index (χ1) is 20.7. The third-order valence-electron chi connectivity index (χ3n) is 7.32. The van der Waals surface area contributed by atoms with Crippen LogP contribution in [0.5, 0.6) is 5.75 Å². The molecule has 3 aromatic rings. The number of fused-ring (bicyclic) bond motifs is 1. The molecule has 3 N–H and O–H groups in total. The van der Waals surface area contributed by atoms with E-state index in [1.54, 1.807) is 30.0 Å². The van der Waals surface area contributed by atoms with E-state index in [2.05, 4.69) is 15.5 Å². The van der Waals surface area contributed by atoms with Crippen LogP contribution < -0.4 is 15.4 Å². The first-order valence-electron chi connectivity index (χ1n) is 13.9. The molecule has 3 atom stereocenters. The number of likely N-dealkylation sites (N-methyl/N-ethyl adjacent to an activating group) is 1. The SMILES string of the molecule is C[C@H](CO)N1C[C@H](C)[C@H](CN(C)Cc2ccc(Cl)c(Cl)c2)Oc2ccc(NC(=O)Nc3ccc(C(F)(F)F)cc3)cc2C1=O. The van der Waals surface area contributed by atoms with Gasteiger partial charge in [-0.05, 0) is 74.1 Å². The van der Waals surface area contributed by atoms with Crippen LogP contribution in [0.1, 0.15) is 35.3 Å².